The molecule has 2 rings (SSSR count). The first-order valence-electron chi connectivity index (χ1n) is 5.50. The van der Waals surface area contributed by atoms with Gasteiger partial charge in [-0.05, 0) is 36.2 Å². The molecule has 0 aliphatic heterocycles. The molecule has 2 aromatic carbocycles. The molecule has 0 aliphatic rings. The Hall–Kier alpha value is -1.81. The van der Waals surface area contributed by atoms with Crippen LogP contribution in [0.5, 0.6) is 0 Å². The van der Waals surface area contributed by atoms with E-state index in [0.717, 1.165) is 11.6 Å². The van der Waals surface area contributed by atoms with E-state index < -0.39 is 17.5 Å². The van der Waals surface area contributed by atoms with E-state index in [9.17, 15) is 13.2 Å². The van der Waals surface area contributed by atoms with Crippen LogP contribution in [0.15, 0.2) is 36.4 Å². The number of rotatable bonds is 2. The molecule has 18 heavy (non-hydrogen) atoms. The van der Waals surface area contributed by atoms with E-state index in [1.165, 1.54) is 6.07 Å². The van der Waals surface area contributed by atoms with Crippen molar-refractivity contribution in [3.8, 4) is 11.1 Å². The summed E-state index contributed by atoms with van der Waals surface area (Å²) in [4.78, 5) is 0. The van der Waals surface area contributed by atoms with Crippen molar-refractivity contribution in [3.05, 3.63) is 59.4 Å². The van der Waals surface area contributed by atoms with Crippen LogP contribution >= 0.6 is 0 Å². The molecule has 1 unspecified atom stereocenters. The summed E-state index contributed by atoms with van der Waals surface area (Å²) in [6, 6.07) is 8.71. The van der Waals surface area contributed by atoms with Gasteiger partial charge in [-0.2, -0.15) is 0 Å². The fraction of sp³-hybridized carbons (Fsp3) is 0.143. The van der Waals surface area contributed by atoms with Gasteiger partial charge >= 0.3 is 0 Å². The zero-order chi connectivity index (χ0) is 13.3. The normalized spacial score (nSPS) is 12.5. The molecule has 0 heterocycles. The van der Waals surface area contributed by atoms with Gasteiger partial charge in [0, 0.05) is 11.6 Å². The Morgan fingerprint density at radius 3 is 2.39 bits per heavy atom. The van der Waals surface area contributed by atoms with E-state index in [0.29, 0.717) is 5.56 Å². The third kappa shape index (κ3) is 2.24. The lowest BCUT2D eigenvalue weighted by Gasteiger charge is -2.09. The Kier molecular flexibility index (Phi) is 3.39. The van der Waals surface area contributed by atoms with Gasteiger partial charge in [-0.25, -0.2) is 13.2 Å². The molecule has 2 aromatic rings. The van der Waals surface area contributed by atoms with Crippen molar-refractivity contribution >= 4 is 0 Å². The maximum atomic E-state index is 13.6. The summed E-state index contributed by atoms with van der Waals surface area (Å²) in [5, 5.41) is 0. The average Bonchev–Trinajstić information content (AvgIpc) is 2.36. The van der Waals surface area contributed by atoms with E-state index >= 15 is 0 Å². The van der Waals surface area contributed by atoms with Crippen molar-refractivity contribution < 1.29 is 13.2 Å². The van der Waals surface area contributed by atoms with Crippen LogP contribution in [0.3, 0.4) is 0 Å². The number of benzene rings is 2. The minimum atomic E-state index is -1.46. The van der Waals surface area contributed by atoms with Crippen molar-refractivity contribution in [2.24, 2.45) is 5.73 Å². The predicted octanol–water partition coefficient (Wildman–Crippen LogP) is 3.79. The summed E-state index contributed by atoms with van der Waals surface area (Å²) >= 11 is 0. The van der Waals surface area contributed by atoms with Crippen LogP contribution < -0.4 is 5.73 Å². The molecule has 94 valence electrons. The third-order valence-corrected chi connectivity index (χ3v) is 2.76. The number of hydrogen-bond acceptors (Lipinski definition) is 1. The topological polar surface area (TPSA) is 26.0 Å². The second-order valence-corrected chi connectivity index (χ2v) is 4.14. The van der Waals surface area contributed by atoms with Crippen LogP contribution in [0.25, 0.3) is 11.1 Å². The lowest BCUT2D eigenvalue weighted by Crippen LogP contribution is -2.04. The summed E-state index contributed by atoms with van der Waals surface area (Å²) in [5.74, 6) is -3.84. The van der Waals surface area contributed by atoms with Gasteiger partial charge < -0.3 is 5.73 Å². The van der Waals surface area contributed by atoms with Gasteiger partial charge in [0.2, 0.25) is 0 Å². The van der Waals surface area contributed by atoms with Gasteiger partial charge in [-0.3, -0.25) is 0 Å². The van der Waals surface area contributed by atoms with Crippen LogP contribution in [0.1, 0.15) is 18.5 Å². The fourth-order valence-electron chi connectivity index (χ4n) is 1.74. The van der Waals surface area contributed by atoms with Crippen LogP contribution in [0.4, 0.5) is 13.2 Å². The first kappa shape index (κ1) is 12.6. The first-order valence-corrected chi connectivity index (χ1v) is 5.50. The second-order valence-electron chi connectivity index (χ2n) is 4.14. The Balaban J connectivity index is 2.55. The molecule has 0 aromatic heterocycles. The van der Waals surface area contributed by atoms with Gasteiger partial charge in [0.1, 0.15) is 0 Å². The molecule has 0 aliphatic carbocycles. The molecule has 2 N–H and O–H groups in total. The Morgan fingerprint density at radius 2 is 1.72 bits per heavy atom. The molecule has 0 amide bonds. The van der Waals surface area contributed by atoms with Gasteiger partial charge in [-0.1, -0.05) is 18.2 Å². The Labute approximate surface area is 103 Å². The van der Waals surface area contributed by atoms with Gasteiger partial charge in [0.25, 0.3) is 0 Å². The van der Waals surface area contributed by atoms with E-state index in [4.69, 9.17) is 5.73 Å². The van der Waals surface area contributed by atoms with Crippen molar-refractivity contribution in [2.75, 3.05) is 0 Å². The zero-order valence-corrected chi connectivity index (χ0v) is 9.75. The highest BCUT2D eigenvalue weighted by Crippen LogP contribution is 2.27. The molecule has 0 radical (unpaired) electrons. The number of halogens is 3. The summed E-state index contributed by atoms with van der Waals surface area (Å²) in [5.41, 5.74) is 7.03. The van der Waals surface area contributed by atoms with Gasteiger partial charge in [0.05, 0.1) is 0 Å². The van der Waals surface area contributed by atoms with Crippen molar-refractivity contribution in [1.82, 2.24) is 0 Å². The average molecular weight is 251 g/mol. The van der Waals surface area contributed by atoms with E-state index in [2.05, 4.69) is 0 Å². The standard InChI is InChI=1S/C14H12F3N/c1-8(18)9-3-2-4-10(7-9)11-5-6-12(15)14(17)13(11)16/h2-8H,18H2,1H3. The highest BCUT2D eigenvalue weighted by Gasteiger charge is 2.15. The number of nitrogens with two attached hydrogens (primary N) is 1. The van der Waals surface area contributed by atoms with Crippen LogP contribution in [-0.2, 0) is 0 Å². The molecule has 0 bridgehead atoms. The molecule has 1 atom stereocenters. The maximum Gasteiger partial charge on any atom is 0.195 e. The zero-order valence-electron chi connectivity index (χ0n) is 9.75. The molecule has 4 heteroatoms. The maximum absolute atomic E-state index is 13.6. The Bertz CT molecular complexity index is 579. The molecule has 0 spiro atoms. The molecule has 1 nitrogen and oxygen atoms in total. The SMILES string of the molecule is CC(N)c1cccc(-c2ccc(F)c(F)c2F)c1. The molecule has 0 saturated carbocycles. The summed E-state index contributed by atoms with van der Waals surface area (Å²) < 4.78 is 39.6. The van der Waals surface area contributed by atoms with Gasteiger partial charge in [-0.15, -0.1) is 0 Å². The van der Waals surface area contributed by atoms with Crippen molar-refractivity contribution in [2.45, 2.75) is 13.0 Å². The third-order valence-electron chi connectivity index (χ3n) is 2.76. The van der Waals surface area contributed by atoms with Gasteiger partial charge in [0.15, 0.2) is 17.5 Å². The molecular weight excluding hydrogens is 239 g/mol. The number of hydrogen-bond donors (Lipinski definition) is 1. The van der Waals surface area contributed by atoms with E-state index in [1.807, 2.05) is 0 Å². The summed E-state index contributed by atoms with van der Waals surface area (Å²) in [6.45, 7) is 1.79. The minimum absolute atomic E-state index is 0.0244. The lowest BCUT2D eigenvalue weighted by molar-refractivity contribution is 0.449. The lowest BCUT2D eigenvalue weighted by atomic mass is 10.00. The van der Waals surface area contributed by atoms with Crippen LogP contribution in [0.2, 0.25) is 0 Å². The van der Waals surface area contributed by atoms with Crippen molar-refractivity contribution in [1.29, 1.82) is 0 Å². The highest BCUT2D eigenvalue weighted by molar-refractivity contribution is 5.65. The molecule has 0 saturated heterocycles. The fourth-order valence-corrected chi connectivity index (χ4v) is 1.74. The van der Waals surface area contributed by atoms with E-state index in [-0.39, 0.29) is 11.6 Å². The van der Waals surface area contributed by atoms with E-state index in [1.54, 1.807) is 31.2 Å². The molecule has 0 fully saturated rings. The molecular formula is C14H12F3N. The highest BCUT2D eigenvalue weighted by atomic mass is 19.2. The monoisotopic (exact) mass is 251 g/mol. The summed E-state index contributed by atoms with van der Waals surface area (Å²) in [7, 11) is 0. The smallest absolute Gasteiger partial charge is 0.195 e. The van der Waals surface area contributed by atoms with Crippen molar-refractivity contribution in [3.63, 3.8) is 0 Å². The summed E-state index contributed by atoms with van der Waals surface area (Å²) in [6.07, 6.45) is 0. The van der Waals surface area contributed by atoms with Crippen LogP contribution in [-0.4, -0.2) is 0 Å². The second kappa shape index (κ2) is 4.82. The Morgan fingerprint density at radius 1 is 1.00 bits per heavy atom. The largest absolute Gasteiger partial charge is 0.324 e. The quantitative estimate of drug-likeness (QED) is 0.807. The van der Waals surface area contributed by atoms with Crippen LogP contribution in [0, 0.1) is 17.5 Å². The first-order chi connectivity index (χ1) is 8.50. The predicted molar refractivity (Wildman–Crippen MR) is 64.4 cm³/mol. The minimum Gasteiger partial charge on any atom is -0.324 e.